The summed E-state index contributed by atoms with van der Waals surface area (Å²) < 4.78 is 2.07. The average molecular weight is 342 g/mol. The van der Waals surface area contributed by atoms with Gasteiger partial charge in [0, 0.05) is 11.8 Å². The summed E-state index contributed by atoms with van der Waals surface area (Å²) in [4.78, 5) is 9.11. The van der Waals surface area contributed by atoms with Crippen molar-refractivity contribution in [1.82, 2.24) is 19.7 Å². The van der Waals surface area contributed by atoms with Crippen LogP contribution in [0.25, 0.3) is 22.3 Å². The first kappa shape index (κ1) is 15.5. The van der Waals surface area contributed by atoms with Crippen molar-refractivity contribution in [2.24, 2.45) is 11.7 Å². The lowest BCUT2D eigenvalue weighted by Crippen LogP contribution is -2.27. The molecule has 2 N–H and O–H groups in total. The molecule has 124 valence electrons. The first-order valence-corrected chi connectivity index (χ1v) is 8.78. The van der Waals surface area contributed by atoms with Gasteiger partial charge in [-0.15, -0.1) is 0 Å². The third-order valence-corrected chi connectivity index (χ3v) is 5.13. The minimum Gasteiger partial charge on any atom is -0.330 e. The van der Waals surface area contributed by atoms with Crippen molar-refractivity contribution >= 4 is 22.6 Å². The van der Waals surface area contributed by atoms with E-state index in [-0.39, 0.29) is 0 Å². The van der Waals surface area contributed by atoms with Crippen LogP contribution in [0.4, 0.5) is 0 Å². The van der Waals surface area contributed by atoms with Crippen LogP contribution in [-0.2, 0) is 0 Å². The van der Waals surface area contributed by atoms with E-state index >= 15 is 0 Å². The molecule has 5 nitrogen and oxygen atoms in total. The molecule has 2 heterocycles. The number of para-hydroxylation sites is 1. The van der Waals surface area contributed by atoms with E-state index in [1.165, 1.54) is 19.3 Å². The average Bonchev–Trinajstić information content (AvgIpc) is 3.03. The highest BCUT2D eigenvalue weighted by Gasteiger charge is 2.30. The Morgan fingerprint density at radius 3 is 2.96 bits per heavy atom. The summed E-state index contributed by atoms with van der Waals surface area (Å²) in [5.74, 6) is 0.800. The van der Waals surface area contributed by atoms with Crippen LogP contribution in [0, 0.1) is 5.92 Å². The number of hydrogen-bond acceptors (Lipinski definition) is 4. The minimum atomic E-state index is 0.504. The van der Waals surface area contributed by atoms with Crippen molar-refractivity contribution in [3.05, 3.63) is 41.8 Å². The van der Waals surface area contributed by atoms with Crippen LogP contribution < -0.4 is 5.73 Å². The molecule has 2 aromatic heterocycles. The molecule has 1 aliphatic carbocycles. The summed E-state index contributed by atoms with van der Waals surface area (Å²) in [6.45, 7) is 0.789. The van der Waals surface area contributed by atoms with E-state index in [9.17, 15) is 0 Å². The third-order valence-electron chi connectivity index (χ3n) is 4.82. The quantitative estimate of drug-likeness (QED) is 0.765. The molecule has 0 radical (unpaired) electrons. The normalized spacial score (nSPS) is 20.2. The summed E-state index contributed by atoms with van der Waals surface area (Å²) >= 11 is 6.15. The van der Waals surface area contributed by atoms with Gasteiger partial charge in [0.1, 0.15) is 5.52 Å². The van der Waals surface area contributed by atoms with Gasteiger partial charge in [0.25, 0.3) is 0 Å². The van der Waals surface area contributed by atoms with E-state index in [1.54, 1.807) is 6.20 Å². The second-order valence-electron chi connectivity index (χ2n) is 6.49. The number of hydrogen-bond donors (Lipinski definition) is 1. The summed E-state index contributed by atoms with van der Waals surface area (Å²) in [5, 5.41) is 5.15. The number of rotatable bonds is 5. The number of nitrogens with two attached hydrogens (primary N) is 1. The maximum Gasteiger partial charge on any atom is 0.107 e. The van der Waals surface area contributed by atoms with Gasteiger partial charge in [-0.25, -0.2) is 4.98 Å². The molecule has 3 aromatic rings. The molecule has 6 heteroatoms. The lowest BCUT2D eigenvalue weighted by atomic mass is 9.77. The van der Waals surface area contributed by atoms with Crippen molar-refractivity contribution in [2.75, 3.05) is 6.54 Å². The van der Waals surface area contributed by atoms with Crippen LogP contribution in [-0.4, -0.2) is 26.3 Å². The van der Waals surface area contributed by atoms with E-state index in [2.05, 4.69) is 25.9 Å². The van der Waals surface area contributed by atoms with Crippen LogP contribution >= 0.6 is 11.6 Å². The number of fused-ring (bicyclic) bond motifs is 1. The lowest BCUT2D eigenvalue weighted by Gasteiger charge is -2.35. The van der Waals surface area contributed by atoms with Gasteiger partial charge in [0.15, 0.2) is 0 Å². The van der Waals surface area contributed by atoms with Crippen molar-refractivity contribution in [3.8, 4) is 11.3 Å². The highest BCUT2D eigenvalue weighted by molar-refractivity contribution is 6.34. The summed E-state index contributed by atoms with van der Waals surface area (Å²) in [6.07, 6.45) is 10.5. The molecule has 0 unspecified atom stereocenters. The van der Waals surface area contributed by atoms with Crippen LogP contribution in [0.2, 0.25) is 5.02 Å². The van der Waals surface area contributed by atoms with Crippen molar-refractivity contribution < 1.29 is 0 Å². The Kier molecular flexibility index (Phi) is 4.21. The molecule has 1 fully saturated rings. The van der Waals surface area contributed by atoms with E-state index in [0.717, 1.165) is 41.2 Å². The molecule has 0 amide bonds. The summed E-state index contributed by atoms with van der Waals surface area (Å²) in [6, 6.07) is 6.15. The molecule has 1 aromatic carbocycles. The molecule has 0 bridgehead atoms. The standard InChI is InChI=1S/C18H20ClN5/c19-15-4-1-5-16-18(15)21-10-17(23-16)13-9-22-24(11-13)14-7-12(8-14)3-2-6-20/h1,4-5,9-12,14H,2-3,6-8,20H2. The smallest absolute Gasteiger partial charge is 0.107 e. The van der Waals surface area contributed by atoms with Gasteiger partial charge in [-0.3, -0.25) is 9.67 Å². The predicted molar refractivity (Wildman–Crippen MR) is 95.8 cm³/mol. The van der Waals surface area contributed by atoms with E-state index in [1.807, 2.05) is 24.4 Å². The Labute approximate surface area is 145 Å². The van der Waals surface area contributed by atoms with Gasteiger partial charge < -0.3 is 5.73 Å². The van der Waals surface area contributed by atoms with E-state index in [0.29, 0.717) is 11.1 Å². The molecule has 1 aliphatic rings. The second-order valence-corrected chi connectivity index (χ2v) is 6.90. The maximum atomic E-state index is 6.15. The van der Waals surface area contributed by atoms with Crippen LogP contribution in [0.5, 0.6) is 0 Å². The molecular weight excluding hydrogens is 322 g/mol. The van der Waals surface area contributed by atoms with Gasteiger partial charge in [-0.1, -0.05) is 17.7 Å². The maximum absolute atomic E-state index is 6.15. The van der Waals surface area contributed by atoms with Crippen LogP contribution in [0.15, 0.2) is 36.8 Å². The van der Waals surface area contributed by atoms with Crippen molar-refractivity contribution in [1.29, 1.82) is 0 Å². The first-order chi connectivity index (χ1) is 11.7. The Balaban J connectivity index is 1.51. The Hall–Kier alpha value is -1.98. The fraction of sp³-hybridized carbons (Fsp3) is 0.389. The van der Waals surface area contributed by atoms with Crippen LogP contribution in [0.3, 0.4) is 0 Å². The van der Waals surface area contributed by atoms with Crippen molar-refractivity contribution in [2.45, 2.75) is 31.7 Å². The monoisotopic (exact) mass is 341 g/mol. The van der Waals surface area contributed by atoms with Crippen molar-refractivity contribution in [3.63, 3.8) is 0 Å². The fourth-order valence-corrected chi connectivity index (χ4v) is 3.59. The molecule has 4 rings (SSSR count). The second kappa shape index (κ2) is 6.49. The zero-order chi connectivity index (χ0) is 16.5. The highest BCUT2D eigenvalue weighted by Crippen LogP contribution is 2.40. The number of benzene rings is 1. The fourth-order valence-electron chi connectivity index (χ4n) is 3.37. The number of nitrogens with zero attached hydrogens (tertiary/aromatic N) is 4. The molecule has 24 heavy (non-hydrogen) atoms. The largest absolute Gasteiger partial charge is 0.330 e. The number of aromatic nitrogens is 4. The minimum absolute atomic E-state index is 0.504. The molecule has 1 saturated carbocycles. The molecule has 0 aliphatic heterocycles. The number of halogens is 1. The molecule has 0 spiro atoms. The predicted octanol–water partition coefficient (Wildman–Crippen LogP) is 3.84. The zero-order valence-electron chi connectivity index (χ0n) is 13.4. The van der Waals surface area contributed by atoms with Gasteiger partial charge in [0.2, 0.25) is 0 Å². The highest BCUT2D eigenvalue weighted by atomic mass is 35.5. The van der Waals surface area contributed by atoms with Gasteiger partial charge in [0.05, 0.1) is 34.7 Å². The SMILES string of the molecule is NCCCC1CC(n2cc(-c3cnc4c(Cl)cccc4n3)cn2)C1. The van der Waals surface area contributed by atoms with Gasteiger partial charge in [-0.2, -0.15) is 5.10 Å². The van der Waals surface area contributed by atoms with E-state index < -0.39 is 0 Å². The Morgan fingerprint density at radius 1 is 1.25 bits per heavy atom. The molecule has 0 saturated heterocycles. The lowest BCUT2D eigenvalue weighted by molar-refractivity contribution is 0.171. The van der Waals surface area contributed by atoms with E-state index in [4.69, 9.17) is 17.3 Å². The Bertz CT molecular complexity index is 853. The summed E-state index contributed by atoms with van der Waals surface area (Å²) in [7, 11) is 0. The van der Waals surface area contributed by atoms with Crippen LogP contribution in [0.1, 0.15) is 31.7 Å². The molecular formula is C18H20ClN5. The topological polar surface area (TPSA) is 69.6 Å². The molecule has 0 atom stereocenters. The first-order valence-electron chi connectivity index (χ1n) is 8.40. The zero-order valence-corrected chi connectivity index (χ0v) is 14.2. The Morgan fingerprint density at radius 2 is 2.12 bits per heavy atom. The third kappa shape index (κ3) is 2.89. The van der Waals surface area contributed by atoms with Gasteiger partial charge in [-0.05, 0) is 50.3 Å². The van der Waals surface area contributed by atoms with Gasteiger partial charge >= 0.3 is 0 Å². The summed E-state index contributed by atoms with van der Waals surface area (Å²) in [5.41, 5.74) is 8.94.